The zero-order chi connectivity index (χ0) is 15.4. The van der Waals surface area contributed by atoms with Gasteiger partial charge in [-0.1, -0.05) is 6.92 Å². The van der Waals surface area contributed by atoms with Crippen molar-refractivity contribution in [1.82, 2.24) is 5.32 Å². The van der Waals surface area contributed by atoms with Crippen LogP contribution in [0.3, 0.4) is 0 Å². The molecule has 1 unspecified atom stereocenters. The largest absolute Gasteiger partial charge is 0.342 e. The molecule has 0 saturated heterocycles. The van der Waals surface area contributed by atoms with Gasteiger partial charge in [-0.2, -0.15) is 4.39 Å². The number of nitro groups is 1. The van der Waals surface area contributed by atoms with Crippen molar-refractivity contribution in [1.29, 1.82) is 0 Å². The molecule has 1 rings (SSSR count). The van der Waals surface area contributed by atoms with Gasteiger partial charge in [-0.3, -0.25) is 19.7 Å². The molecule has 0 aromatic heterocycles. The number of amides is 1. The van der Waals surface area contributed by atoms with Crippen molar-refractivity contribution in [2.24, 2.45) is 0 Å². The molecule has 0 aliphatic carbocycles. The second-order valence-corrected chi connectivity index (χ2v) is 4.06. The van der Waals surface area contributed by atoms with Crippen molar-refractivity contribution in [3.8, 4) is 0 Å². The highest BCUT2D eigenvalue weighted by molar-refractivity contribution is 5.98. The predicted octanol–water partition coefficient (Wildman–Crippen LogP) is 1.97. The number of ketones is 1. The quantitative estimate of drug-likeness (QED) is 0.662. The van der Waals surface area contributed by atoms with Gasteiger partial charge < -0.3 is 5.32 Å². The maximum atomic E-state index is 13.7. The Morgan fingerprint density at radius 3 is 2.50 bits per heavy atom. The molecule has 0 heterocycles. The van der Waals surface area contributed by atoms with Crippen molar-refractivity contribution in [3.63, 3.8) is 0 Å². The fourth-order valence-electron chi connectivity index (χ4n) is 1.53. The monoisotopic (exact) mass is 286 g/mol. The highest BCUT2D eigenvalue weighted by Crippen LogP contribution is 2.22. The zero-order valence-corrected chi connectivity index (χ0v) is 10.8. The molecule has 0 aliphatic rings. The predicted molar refractivity (Wildman–Crippen MR) is 65.2 cm³/mol. The average Bonchev–Trinajstić information content (AvgIpc) is 2.39. The van der Waals surface area contributed by atoms with E-state index < -0.39 is 39.8 Å². The number of carbonyl (C=O) groups excluding carboxylic acids is 2. The molecule has 20 heavy (non-hydrogen) atoms. The highest BCUT2D eigenvalue weighted by Gasteiger charge is 2.25. The summed E-state index contributed by atoms with van der Waals surface area (Å²) in [5, 5.41) is 12.7. The molecule has 0 saturated carbocycles. The van der Waals surface area contributed by atoms with Gasteiger partial charge in [0.2, 0.25) is 5.82 Å². The van der Waals surface area contributed by atoms with Crippen molar-refractivity contribution < 1.29 is 23.3 Å². The van der Waals surface area contributed by atoms with Gasteiger partial charge in [0, 0.05) is 6.42 Å². The third-order valence-corrected chi connectivity index (χ3v) is 2.64. The standard InChI is InChI=1S/C12H12F2N2O4/c1-3-10(17)6(2)15-12(18)8-4-7(13)5-9(11(8)14)16(19)20/h4-6H,3H2,1-2H3,(H,15,18). The zero-order valence-electron chi connectivity index (χ0n) is 10.8. The van der Waals surface area contributed by atoms with Gasteiger partial charge in [0.25, 0.3) is 5.91 Å². The summed E-state index contributed by atoms with van der Waals surface area (Å²) in [6.45, 7) is 2.97. The van der Waals surface area contributed by atoms with Crippen LogP contribution in [0.2, 0.25) is 0 Å². The van der Waals surface area contributed by atoms with E-state index in [1.54, 1.807) is 6.92 Å². The van der Waals surface area contributed by atoms with Crippen molar-refractivity contribution in [2.45, 2.75) is 26.3 Å². The summed E-state index contributed by atoms with van der Waals surface area (Å²) in [5.74, 6) is -3.94. The number of Topliss-reactive ketones (excluding diaryl/α,β-unsaturated/α-hetero) is 1. The summed E-state index contributed by atoms with van der Waals surface area (Å²) in [4.78, 5) is 32.5. The molecule has 1 N–H and O–H groups in total. The molecule has 1 amide bonds. The lowest BCUT2D eigenvalue weighted by Gasteiger charge is -2.12. The summed E-state index contributed by atoms with van der Waals surface area (Å²) >= 11 is 0. The van der Waals surface area contributed by atoms with Gasteiger partial charge in [-0.05, 0) is 13.0 Å². The molecular formula is C12H12F2N2O4. The first-order valence-electron chi connectivity index (χ1n) is 5.75. The van der Waals surface area contributed by atoms with Crippen LogP contribution in [0.4, 0.5) is 14.5 Å². The lowest BCUT2D eigenvalue weighted by Crippen LogP contribution is -2.38. The van der Waals surface area contributed by atoms with E-state index in [1.807, 2.05) is 0 Å². The van der Waals surface area contributed by atoms with Crippen LogP contribution in [0.5, 0.6) is 0 Å². The fraction of sp³-hybridized carbons (Fsp3) is 0.333. The minimum atomic E-state index is -1.44. The number of nitrogens with one attached hydrogen (secondary N) is 1. The van der Waals surface area contributed by atoms with Gasteiger partial charge in [-0.25, -0.2) is 4.39 Å². The van der Waals surface area contributed by atoms with E-state index in [1.165, 1.54) is 6.92 Å². The minimum absolute atomic E-state index is 0.160. The van der Waals surface area contributed by atoms with Gasteiger partial charge >= 0.3 is 5.69 Å². The number of rotatable bonds is 5. The summed E-state index contributed by atoms with van der Waals surface area (Å²) in [6.07, 6.45) is 0.160. The normalized spacial score (nSPS) is 11.8. The Hall–Kier alpha value is -2.38. The first-order valence-corrected chi connectivity index (χ1v) is 5.75. The first kappa shape index (κ1) is 15.7. The Morgan fingerprint density at radius 2 is 2.00 bits per heavy atom. The lowest BCUT2D eigenvalue weighted by molar-refractivity contribution is -0.387. The summed E-state index contributed by atoms with van der Waals surface area (Å²) in [6, 6.07) is 0.0299. The van der Waals surface area contributed by atoms with Crippen molar-refractivity contribution in [2.75, 3.05) is 0 Å². The average molecular weight is 286 g/mol. The maximum Gasteiger partial charge on any atom is 0.308 e. The molecule has 0 radical (unpaired) electrons. The van der Waals surface area contributed by atoms with E-state index in [4.69, 9.17) is 0 Å². The first-order chi connectivity index (χ1) is 9.27. The second-order valence-electron chi connectivity index (χ2n) is 4.06. The Balaban J connectivity index is 3.11. The van der Waals surface area contributed by atoms with Gasteiger partial charge in [0.15, 0.2) is 5.78 Å². The molecule has 0 bridgehead atoms. The number of hydrogen-bond acceptors (Lipinski definition) is 4. The van der Waals surface area contributed by atoms with Crippen molar-refractivity contribution in [3.05, 3.63) is 39.4 Å². The Labute approximate surface area is 112 Å². The topological polar surface area (TPSA) is 89.3 Å². The molecule has 1 aromatic carbocycles. The third kappa shape index (κ3) is 3.34. The molecule has 0 fully saturated rings. The van der Waals surface area contributed by atoms with Gasteiger partial charge in [-0.15, -0.1) is 0 Å². The van der Waals surface area contributed by atoms with Crippen LogP contribution in [0.1, 0.15) is 30.6 Å². The molecule has 1 atom stereocenters. The Morgan fingerprint density at radius 1 is 1.40 bits per heavy atom. The number of carbonyl (C=O) groups is 2. The smallest absolute Gasteiger partial charge is 0.308 e. The third-order valence-electron chi connectivity index (χ3n) is 2.64. The molecular weight excluding hydrogens is 274 g/mol. The molecule has 6 nitrogen and oxygen atoms in total. The van der Waals surface area contributed by atoms with Gasteiger partial charge in [0.05, 0.1) is 22.6 Å². The van der Waals surface area contributed by atoms with Crippen LogP contribution in [0, 0.1) is 21.7 Å². The number of halogens is 2. The van der Waals surface area contributed by atoms with Crippen LogP contribution >= 0.6 is 0 Å². The van der Waals surface area contributed by atoms with Crippen molar-refractivity contribution >= 4 is 17.4 Å². The SMILES string of the molecule is CCC(=O)C(C)NC(=O)c1cc(F)cc([N+](=O)[O-])c1F. The van der Waals surface area contributed by atoms with E-state index in [-0.39, 0.29) is 12.2 Å². The fourth-order valence-corrected chi connectivity index (χ4v) is 1.53. The molecule has 8 heteroatoms. The molecule has 108 valence electrons. The summed E-state index contributed by atoms with van der Waals surface area (Å²) in [7, 11) is 0. The van der Waals surface area contributed by atoms with Crippen LogP contribution < -0.4 is 5.32 Å². The van der Waals surface area contributed by atoms with Crippen LogP contribution in [0.25, 0.3) is 0 Å². The van der Waals surface area contributed by atoms with E-state index >= 15 is 0 Å². The van der Waals surface area contributed by atoms with E-state index in [2.05, 4.69) is 5.32 Å². The number of hydrogen-bond donors (Lipinski definition) is 1. The summed E-state index contributed by atoms with van der Waals surface area (Å²) < 4.78 is 26.9. The van der Waals surface area contributed by atoms with E-state index in [0.29, 0.717) is 12.1 Å². The Kier molecular flexibility index (Phi) is 4.84. The highest BCUT2D eigenvalue weighted by atomic mass is 19.1. The Bertz CT molecular complexity index is 575. The van der Waals surface area contributed by atoms with Gasteiger partial charge in [0.1, 0.15) is 5.82 Å². The molecule has 1 aromatic rings. The van der Waals surface area contributed by atoms with Crippen LogP contribution in [-0.2, 0) is 4.79 Å². The molecule has 0 spiro atoms. The molecule has 0 aliphatic heterocycles. The van der Waals surface area contributed by atoms with Crippen LogP contribution in [0.15, 0.2) is 12.1 Å². The van der Waals surface area contributed by atoms with E-state index in [0.717, 1.165) is 0 Å². The number of nitrogens with zero attached hydrogens (tertiary/aromatic N) is 1. The second kappa shape index (κ2) is 6.18. The summed E-state index contributed by atoms with van der Waals surface area (Å²) in [5.41, 5.74) is -1.95. The maximum absolute atomic E-state index is 13.7. The number of nitro benzene ring substituents is 1. The number of benzene rings is 1. The van der Waals surface area contributed by atoms with E-state index in [9.17, 15) is 28.5 Å². The van der Waals surface area contributed by atoms with Crippen LogP contribution in [-0.4, -0.2) is 22.7 Å². The lowest BCUT2D eigenvalue weighted by atomic mass is 10.1. The minimum Gasteiger partial charge on any atom is -0.342 e.